The van der Waals surface area contributed by atoms with Crippen LogP contribution in [0.25, 0.3) is 0 Å². The summed E-state index contributed by atoms with van der Waals surface area (Å²) in [7, 11) is 1.75. The molecule has 0 aromatic heterocycles. The van der Waals surface area contributed by atoms with Crippen LogP contribution in [0.4, 0.5) is 0 Å². The van der Waals surface area contributed by atoms with Gasteiger partial charge in [0.2, 0.25) is 0 Å². The molecule has 0 amide bonds. The molecule has 0 nitrogen and oxygen atoms in total. The van der Waals surface area contributed by atoms with Crippen molar-refractivity contribution in [2.75, 3.05) is 0 Å². The first-order valence-electron chi connectivity index (χ1n) is 3.73. The predicted octanol–water partition coefficient (Wildman–Crippen LogP) is 3.29. The van der Waals surface area contributed by atoms with Crippen LogP contribution in [0.1, 0.15) is 38.5 Å². The summed E-state index contributed by atoms with van der Waals surface area (Å²) in [6.07, 6.45) is 8.55. The van der Waals surface area contributed by atoms with E-state index in [9.17, 15) is 0 Å². The molecule has 0 saturated heterocycles. The predicted molar refractivity (Wildman–Crippen MR) is 48.1 cm³/mol. The van der Waals surface area contributed by atoms with Gasteiger partial charge in [0.25, 0.3) is 0 Å². The van der Waals surface area contributed by atoms with Gasteiger partial charge in [0, 0.05) is 5.25 Å². The molecule has 0 aromatic rings. The second kappa shape index (κ2) is 4.51. The van der Waals surface area contributed by atoms with Crippen LogP contribution >= 0.6 is 22.5 Å². The van der Waals surface area contributed by atoms with Crippen LogP contribution < -0.4 is 0 Å². The third kappa shape index (κ3) is 2.85. The van der Waals surface area contributed by atoms with Gasteiger partial charge in [-0.3, -0.25) is 0 Å². The quantitative estimate of drug-likeness (QED) is 0.351. The maximum atomic E-state index is 4.23. The molecule has 0 bridgehead atoms. The van der Waals surface area contributed by atoms with Gasteiger partial charge in [-0.2, -0.15) is 0 Å². The standard InChI is InChI=1S/C7H14S2/c8-9-7-5-3-1-2-4-6-7/h7-8H,1-6H2. The van der Waals surface area contributed by atoms with Crippen LogP contribution in [-0.2, 0) is 0 Å². The van der Waals surface area contributed by atoms with Crippen molar-refractivity contribution in [1.82, 2.24) is 0 Å². The van der Waals surface area contributed by atoms with Crippen LogP contribution in [-0.4, -0.2) is 5.25 Å². The molecule has 0 spiro atoms. The molecule has 0 atom stereocenters. The molecule has 0 N–H and O–H groups in total. The van der Waals surface area contributed by atoms with Crippen LogP contribution in [0.5, 0.6) is 0 Å². The Morgan fingerprint density at radius 3 is 2.00 bits per heavy atom. The minimum Gasteiger partial charge on any atom is -0.111 e. The molecule has 54 valence electrons. The Kier molecular flexibility index (Phi) is 3.91. The first kappa shape index (κ1) is 7.80. The van der Waals surface area contributed by atoms with Crippen molar-refractivity contribution in [3.05, 3.63) is 0 Å². The summed E-state index contributed by atoms with van der Waals surface area (Å²) in [5.74, 6) is 0. The third-order valence-electron chi connectivity index (χ3n) is 1.95. The minimum atomic E-state index is 0.857. The second-order valence-corrected chi connectivity index (χ2v) is 4.23. The van der Waals surface area contributed by atoms with E-state index in [4.69, 9.17) is 0 Å². The van der Waals surface area contributed by atoms with Gasteiger partial charge in [-0.1, -0.05) is 36.5 Å². The molecule has 1 rings (SSSR count). The summed E-state index contributed by atoms with van der Waals surface area (Å²) in [6.45, 7) is 0. The lowest BCUT2D eigenvalue weighted by molar-refractivity contribution is 0.702. The first-order chi connectivity index (χ1) is 4.43. The lowest BCUT2D eigenvalue weighted by Crippen LogP contribution is -1.96. The molecule has 1 saturated carbocycles. The average molecular weight is 162 g/mol. The van der Waals surface area contributed by atoms with E-state index >= 15 is 0 Å². The van der Waals surface area contributed by atoms with Gasteiger partial charge in [-0.05, 0) is 12.8 Å². The second-order valence-electron chi connectivity index (χ2n) is 2.72. The molecule has 0 aliphatic heterocycles. The Morgan fingerprint density at radius 1 is 1.00 bits per heavy atom. The van der Waals surface area contributed by atoms with Gasteiger partial charge in [0.1, 0.15) is 0 Å². The highest BCUT2D eigenvalue weighted by atomic mass is 33.1. The Balaban J connectivity index is 2.18. The zero-order valence-electron chi connectivity index (χ0n) is 5.68. The van der Waals surface area contributed by atoms with E-state index in [2.05, 4.69) is 11.7 Å². The molecule has 2 heteroatoms. The fourth-order valence-electron chi connectivity index (χ4n) is 1.35. The van der Waals surface area contributed by atoms with Crippen molar-refractivity contribution in [3.8, 4) is 0 Å². The Hall–Kier alpha value is 0.700. The van der Waals surface area contributed by atoms with E-state index in [0.29, 0.717) is 0 Å². The molecule has 1 aliphatic rings. The summed E-state index contributed by atoms with van der Waals surface area (Å²) in [5, 5.41) is 0.857. The number of hydrogen-bond acceptors (Lipinski definition) is 2. The molecule has 1 fully saturated rings. The van der Waals surface area contributed by atoms with Crippen molar-refractivity contribution in [3.63, 3.8) is 0 Å². The van der Waals surface area contributed by atoms with Crippen LogP contribution in [0.3, 0.4) is 0 Å². The molecule has 1 aliphatic carbocycles. The monoisotopic (exact) mass is 162 g/mol. The van der Waals surface area contributed by atoms with Crippen molar-refractivity contribution < 1.29 is 0 Å². The smallest absolute Gasteiger partial charge is 0.0149 e. The lowest BCUT2D eigenvalue weighted by Gasteiger charge is -2.07. The summed E-state index contributed by atoms with van der Waals surface area (Å²) in [4.78, 5) is 0. The third-order valence-corrected chi connectivity index (χ3v) is 3.62. The number of thiol groups is 1. The van der Waals surface area contributed by atoms with Crippen LogP contribution in [0, 0.1) is 0 Å². The van der Waals surface area contributed by atoms with E-state index < -0.39 is 0 Å². The molecule has 0 aromatic carbocycles. The summed E-state index contributed by atoms with van der Waals surface area (Å²) in [6, 6.07) is 0. The maximum absolute atomic E-state index is 4.23. The van der Waals surface area contributed by atoms with Crippen LogP contribution in [0.15, 0.2) is 0 Å². The van der Waals surface area contributed by atoms with Crippen molar-refractivity contribution in [1.29, 1.82) is 0 Å². The largest absolute Gasteiger partial charge is 0.111 e. The zero-order valence-corrected chi connectivity index (χ0v) is 7.39. The Bertz CT molecular complexity index is 65.3. The van der Waals surface area contributed by atoms with Crippen molar-refractivity contribution >= 4 is 22.5 Å². The Labute approximate surface area is 66.6 Å². The fraction of sp³-hybridized carbons (Fsp3) is 1.00. The molecule has 9 heavy (non-hydrogen) atoms. The molecule has 0 heterocycles. The zero-order chi connectivity index (χ0) is 6.53. The SMILES string of the molecule is SSC1CCCCCC1. The summed E-state index contributed by atoms with van der Waals surface area (Å²) < 4.78 is 0. The number of rotatable bonds is 1. The van der Waals surface area contributed by atoms with E-state index in [1.807, 2.05) is 0 Å². The minimum absolute atomic E-state index is 0.857. The summed E-state index contributed by atoms with van der Waals surface area (Å²) >= 11 is 4.23. The van der Waals surface area contributed by atoms with Gasteiger partial charge in [-0.25, -0.2) is 0 Å². The molecular formula is C7H14S2. The van der Waals surface area contributed by atoms with E-state index in [0.717, 1.165) is 5.25 Å². The van der Waals surface area contributed by atoms with E-state index in [1.54, 1.807) is 10.8 Å². The Morgan fingerprint density at radius 2 is 1.56 bits per heavy atom. The lowest BCUT2D eigenvalue weighted by atomic mass is 10.2. The highest BCUT2D eigenvalue weighted by Gasteiger charge is 2.09. The summed E-state index contributed by atoms with van der Waals surface area (Å²) in [5.41, 5.74) is 0. The highest BCUT2D eigenvalue weighted by Crippen LogP contribution is 2.28. The molecule has 0 radical (unpaired) electrons. The van der Waals surface area contributed by atoms with Gasteiger partial charge < -0.3 is 0 Å². The molecule has 0 unspecified atom stereocenters. The normalized spacial score (nSPS) is 23.7. The van der Waals surface area contributed by atoms with E-state index in [1.165, 1.54) is 38.5 Å². The highest BCUT2D eigenvalue weighted by molar-refractivity contribution is 8.68. The van der Waals surface area contributed by atoms with Gasteiger partial charge in [0.15, 0.2) is 0 Å². The van der Waals surface area contributed by atoms with Crippen molar-refractivity contribution in [2.45, 2.75) is 43.8 Å². The molecular weight excluding hydrogens is 148 g/mol. The van der Waals surface area contributed by atoms with E-state index in [-0.39, 0.29) is 0 Å². The van der Waals surface area contributed by atoms with Crippen LogP contribution in [0.2, 0.25) is 0 Å². The first-order valence-corrected chi connectivity index (χ1v) is 5.67. The topological polar surface area (TPSA) is 0 Å². The van der Waals surface area contributed by atoms with Gasteiger partial charge in [-0.15, -0.1) is 11.7 Å². The fourth-order valence-corrected chi connectivity index (χ4v) is 2.52. The maximum Gasteiger partial charge on any atom is 0.0149 e. The average Bonchev–Trinajstić information content (AvgIpc) is 2.13. The van der Waals surface area contributed by atoms with Gasteiger partial charge in [0.05, 0.1) is 0 Å². The van der Waals surface area contributed by atoms with Crippen molar-refractivity contribution in [2.24, 2.45) is 0 Å². The number of hydrogen-bond donors (Lipinski definition) is 1. The van der Waals surface area contributed by atoms with Gasteiger partial charge >= 0.3 is 0 Å².